The monoisotopic (exact) mass is 568 g/mol. The molecule has 10 heteroatoms. The summed E-state index contributed by atoms with van der Waals surface area (Å²) in [5.41, 5.74) is 6.21. The Morgan fingerprint density at radius 1 is 0.950 bits per heavy atom. The summed E-state index contributed by atoms with van der Waals surface area (Å²) in [5.74, 6) is 0.115. The Kier molecular flexibility index (Phi) is 7.29. The van der Waals surface area contributed by atoms with Gasteiger partial charge in [0.05, 0.1) is 34.4 Å². The van der Waals surface area contributed by atoms with Gasteiger partial charge in [-0.15, -0.1) is 11.3 Å². The minimum atomic E-state index is -2.98. The number of benzene rings is 3. The van der Waals surface area contributed by atoms with Crippen LogP contribution in [0.1, 0.15) is 10.6 Å². The summed E-state index contributed by atoms with van der Waals surface area (Å²) in [6.45, 7) is 1.68. The van der Waals surface area contributed by atoms with Crippen molar-refractivity contribution in [3.8, 4) is 10.4 Å². The minimum Gasteiger partial charge on any atom is -0.355 e. The molecule has 202 valence electrons. The molecule has 8 nitrogen and oxygen atoms in total. The number of pyridine rings is 1. The molecule has 40 heavy (non-hydrogen) atoms. The molecule has 3 aromatic heterocycles. The van der Waals surface area contributed by atoms with Crippen LogP contribution in [0.2, 0.25) is 0 Å². The van der Waals surface area contributed by atoms with Crippen molar-refractivity contribution in [1.82, 2.24) is 25.1 Å². The van der Waals surface area contributed by atoms with E-state index in [0.717, 1.165) is 55.2 Å². The first-order valence-corrected chi connectivity index (χ1v) is 15.8. The zero-order chi connectivity index (χ0) is 27.5. The van der Waals surface area contributed by atoms with Crippen molar-refractivity contribution in [3.05, 3.63) is 102 Å². The van der Waals surface area contributed by atoms with Gasteiger partial charge in [0.2, 0.25) is 0 Å². The lowest BCUT2D eigenvalue weighted by molar-refractivity contribution is 0.596. The van der Waals surface area contributed by atoms with E-state index in [1.807, 2.05) is 47.5 Å². The number of hydrogen-bond acceptors (Lipinski definition) is 8. The summed E-state index contributed by atoms with van der Waals surface area (Å²) in [7, 11) is -2.98. The summed E-state index contributed by atoms with van der Waals surface area (Å²) in [5, 5.41) is 14.3. The van der Waals surface area contributed by atoms with Crippen LogP contribution in [-0.4, -0.2) is 46.7 Å². The molecule has 0 radical (unpaired) electrons. The molecule has 0 unspecified atom stereocenters. The quantitative estimate of drug-likeness (QED) is 0.206. The van der Waals surface area contributed by atoms with E-state index < -0.39 is 9.84 Å². The summed E-state index contributed by atoms with van der Waals surface area (Å²) in [6.07, 6.45) is 6.82. The van der Waals surface area contributed by atoms with Gasteiger partial charge in [-0.05, 0) is 41.5 Å². The number of anilines is 2. The second-order valence-corrected chi connectivity index (χ2v) is 13.1. The van der Waals surface area contributed by atoms with Gasteiger partial charge in [0.1, 0.15) is 14.8 Å². The van der Waals surface area contributed by atoms with Crippen LogP contribution in [0.5, 0.6) is 0 Å². The summed E-state index contributed by atoms with van der Waals surface area (Å²) in [4.78, 5) is 10.2. The predicted octanol–water partition coefficient (Wildman–Crippen LogP) is 5.63. The van der Waals surface area contributed by atoms with Gasteiger partial charge >= 0.3 is 0 Å². The van der Waals surface area contributed by atoms with Crippen molar-refractivity contribution in [2.45, 2.75) is 13.1 Å². The second-order valence-electron chi connectivity index (χ2n) is 9.70. The lowest BCUT2D eigenvalue weighted by Gasteiger charge is -2.11. The van der Waals surface area contributed by atoms with Crippen LogP contribution in [0.25, 0.3) is 32.2 Å². The van der Waals surface area contributed by atoms with E-state index in [1.54, 1.807) is 11.3 Å². The van der Waals surface area contributed by atoms with Crippen LogP contribution in [0.15, 0.2) is 91.4 Å². The summed E-state index contributed by atoms with van der Waals surface area (Å²) < 4.78 is 24.6. The Labute approximate surface area is 236 Å². The maximum absolute atomic E-state index is 11.3. The third-order valence-corrected chi connectivity index (χ3v) is 8.59. The van der Waals surface area contributed by atoms with Crippen LogP contribution in [0.4, 0.5) is 11.4 Å². The molecule has 0 saturated carbocycles. The number of sulfone groups is 1. The molecule has 6 aromatic rings. The lowest BCUT2D eigenvalue weighted by atomic mass is 10.1. The van der Waals surface area contributed by atoms with Crippen molar-refractivity contribution in [2.75, 3.05) is 23.9 Å². The third-order valence-electron chi connectivity index (χ3n) is 6.60. The highest BCUT2D eigenvalue weighted by molar-refractivity contribution is 7.90. The second kappa shape index (κ2) is 11.2. The van der Waals surface area contributed by atoms with Gasteiger partial charge in [0.15, 0.2) is 0 Å². The normalized spacial score (nSPS) is 11.8. The van der Waals surface area contributed by atoms with Crippen LogP contribution in [0.3, 0.4) is 0 Å². The molecular weight excluding hydrogens is 541 g/mol. The van der Waals surface area contributed by atoms with E-state index in [4.69, 9.17) is 0 Å². The summed E-state index contributed by atoms with van der Waals surface area (Å²) in [6, 6.07) is 24.9. The molecule has 0 saturated heterocycles. The van der Waals surface area contributed by atoms with Crippen molar-refractivity contribution in [3.63, 3.8) is 0 Å². The average molecular weight is 569 g/mol. The van der Waals surface area contributed by atoms with E-state index in [1.165, 1.54) is 11.8 Å². The zero-order valence-electron chi connectivity index (χ0n) is 21.9. The highest BCUT2D eigenvalue weighted by Gasteiger charge is 2.10. The maximum Gasteiger partial charge on any atom is 0.148 e. The van der Waals surface area contributed by atoms with E-state index in [-0.39, 0.29) is 5.75 Å². The van der Waals surface area contributed by atoms with E-state index in [0.29, 0.717) is 13.1 Å². The van der Waals surface area contributed by atoms with Crippen LogP contribution < -0.4 is 10.6 Å². The van der Waals surface area contributed by atoms with Gasteiger partial charge in [-0.1, -0.05) is 42.5 Å². The SMILES string of the molecule is CS(=O)(=O)CCNCc1ncc(-c2ccc3c(Nc4ccc5c(cnn5Cc5ccccc5)c4)ccnc3c2)s1. The molecule has 0 aliphatic heterocycles. The molecule has 3 aromatic carbocycles. The van der Waals surface area contributed by atoms with Crippen molar-refractivity contribution >= 4 is 54.4 Å². The lowest BCUT2D eigenvalue weighted by Crippen LogP contribution is -2.21. The number of nitrogens with zero attached hydrogens (tertiary/aromatic N) is 4. The number of nitrogens with one attached hydrogen (secondary N) is 2. The highest BCUT2D eigenvalue weighted by atomic mass is 32.2. The highest BCUT2D eigenvalue weighted by Crippen LogP contribution is 2.32. The molecule has 6 rings (SSSR count). The molecule has 0 atom stereocenters. The molecule has 2 N–H and O–H groups in total. The van der Waals surface area contributed by atoms with Gasteiger partial charge in [0.25, 0.3) is 0 Å². The third kappa shape index (κ3) is 6.04. The molecular formula is C30H28N6O2S2. The molecule has 0 aliphatic carbocycles. The minimum absolute atomic E-state index is 0.115. The molecule has 3 heterocycles. The number of fused-ring (bicyclic) bond motifs is 2. The summed E-state index contributed by atoms with van der Waals surface area (Å²) >= 11 is 1.59. The van der Waals surface area contributed by atoms with E-state index in [9.17, 15) is 8.42 Å². The van der Waals surface area contributed by atoms with Crippen LogP contribution in [0, 0.1) is 0 Å². The predicted molar refractivity (Wildman–Crippen MR) is 163 cm³/mol. The Morgan fingerprint density at radius 3 is 2.67 bits per heavy atom. The fraction of sp³-hybridized carbons (Fsp3) is 0.167. The number of hydrogen-bond donors (Lipinski definition) is 2. The Morgan fingerprint density at radius 2 is 1.82 bits per heavy atom. The maximum atomic E-state index is 11.3. The fourth-order valence-corrected chi connectivity index (χ4v) is 5.99. The van der Waals surface area contributed by atoms with Gasteiger partial charge in [-0.3, -0.25) is 9.67 Å². The standard InChI is InChI=1S/C30H28N6O2S2/c1-40(37,38)14-13-31-19-30-33-18-29(39-30)22-7-9-25-26(11-12-32-27(25)16-22)35-24-8-10-28-23(15-24)17-34-36(28)20-21-5-3-2-4-6-21/h2-12,15-18,31H,13-14,19-20H2,1H3,(H,32,35). The number of aromatic nitrogens is 4. The first-order valence-electron chi connectivity index (χ1n) is 12.9. The van der Waals surface area contributed by atoms with Crippen molar-refractivity contribution in [1.29, 1.82) is 0 Å². The number of thiazole rings is 1. The Balaban J connectivity index is 1.17. The van der Waals surface area contributed by atoms with Crippen molar-refractivity contribution in [2.24, 2.45) is 0 Å². The largest absolute Gasteiger partial charge is 0.355 e. The van der Waals surface area contributed by atoms with Crippen LogP contribution >= 0.6 is 11.3 Å². The first kappa shape index (κ1) is 26.1. The molecule has 0 bridgehead atoms. The first-order chi connectivity index (χ1) is 19.4. The average Bonchev–Trinajstić information content (AvgIpc) is 3.58. The van der Waals surface area contributed by atoms with Crippen molar-refractivity contribution < 1.29 is 8.42 Å². The topological polar surface area (TPSA) is 102 Å². The molecule has 0 amide bonds. The van der Waals surface area contributed by atoms with Gasteiger partial charge in [0, 0.05) is 53.9 Å². The van der Waals surface area contributed by atoms with E-state index in [2.05, 4.69) is 74.2 Å². The van der Waals surface area contributed by atoms with Gasteiger partial charge in [-0.2, -0.15) is 5.10 Å². The van der Waals surface area contributed by atoms with Gasteiger partial charge in [-0.25, -0.2) is 13.4 Å². The smallest absolute Gasteiger partial charge is 0.148 e. The Bertz CT molecular complexity index is 1900. The molecule has 0 spiro atoms. The number of rotatable bonds is 10. The molecule has 0 aliphatic rings. The molecule has 0 fully saturated rings. The van der Waals surface area contributed by atoms with E-state index >= 15 is 0 Å². The zero-order valence-corrected chi connectivity index (χ0v) is 23.5. The van der Waals surface area contributed by atoms with Crippen LogP contribution in [-0.2, 0) is 22.9 Å². The van der Waals surface area contributed by atoms with Gasteiger partial charge < -0.3 is 10.6 Å². The Hall–Kier alpha value is -4.12. The fourth-order valence-electron chi connectivity index (χ4n) is 4.59.